The number of amides is 1. The molecule has 1 heterocycles. The first-order valence-electron chi connectivity index (χ1n) is 7.97. The predicted octanol–water partition coefficient (Wildman–Crippen LogP) is 2.63. The summed E-state index contributed by atoms with van der Waals surface area (Å²) in [6.07, 6.45) is 6.92. The van der Waals surface area contributed by atoms with Crippen LogP contribution in [0.1, 0.15) is 36.8 Å². The van der Waals surface area contributed by atoms with Crippen LogP contribution in [-0.4, -0.2) is 15.7 Å². The van der Waals surface area contributed by atoms with Crippen LogP contribution in [0.4, 0.5) is 0 Å². The molecule has 23 heavy (non-hydrogen) atoms. The van der Waals surface area contributed by atoms with Crippen LogP contribution in [0.15, 0.2) is 42.7 Å². The van der Waals surface area contributed by atoms with E-state index in [0.717, 1.165) is 24.0 Å². The Morgan fingerprint density at radius 3 is 2.65 bits per heavy atom. The fourth-order valence-electron chi connectivity index (χ4n) is 3.17. The summed E-state index contributed by atoms with van der Waals surface area (Å²) >= 11 is 0. The van der Waals surface area contributed by atoms with Crippen molar-refractivity contribution in [3.05, 3.63) is 53.9 Å². The summed E-state index contributed by atoms with van der Waals surface area (Å²) in [5.74, 6) is -0.133. The first kappa shape index (κ1) is 15.3. The molecule has 5 heteroatoms. The maximum atomic E-state index is 12.4. The van der Waals surface area contributed by atoms with Gasteiger partial charge < -0.3 is 5.32 Å². The third kappa shape index (κ3) is 3.26. The van der Waals surface area contributed by atoms with Gasteiger partial charge in [-0.1, -0.05) is 37.1 Å². The number of hydrogen-bond acceptors (Lipinski definition) is 3. The highest BCUT2D eigenvalue weighted by Gasteiger charge is 2.41. The minimum atomic E-state index is -0.822. The molecule has 1 aromatic heterocycles. The number of aromatic nitrogens is 2. The Morgan fingerprint density at radius 1 is 1.26 bits per heavy atom. The number of hydrogen-bond donors (Lipinski definition) is 1. The first-order valence-corrected chi connectivity index (χ1v) is 7.97. The van der Waals surface area contributed by atoms with Crippen molar-refractivity contribution in [1.29, 1.82) is 5.26 Å². The van der Waals surface area contributed by atoms with Crippen molar-refractivity contribution < 1.29 is 4.79 Å². The van der Waals surface area contributed by atoms with E-state index >= 15 is 0 Å². The molecule has 0 atom stereocenters. The zero-order chi connectivity index (χ0) is 16.1. The summed E-state index contributed by atoms with van der Waals surface area (Å²) in [4.78, 5) is 12.4. The molecule has 5 nitrogen and oxygen atoms in total. The molecule has 0 aliphatic heterocycles. The average Bonchev–Trinajstić information content (AvgIpc) is 3.26. The highest BCUT2D eigenvalue weighted by molar-refractivity contribution is 5.85. The lowest BCUT2D eigenvalue weighted by molar-refractivity contribution is -0.128. The molecule has 0 saturated heterocycles. The van der Waals surface area contributed by atoms with Crippen LogP contribution in [0.3, 0.4) is 0 Å². The maximum absolute atomic E-state index is 12.4. The summed E-state index contributed by atoms with van der Waals surface area (Å²) < 4.78 is 1.86. The Balaban J connectivity index is 1.69. The summed E-state index contributed by atoms with van der Waals surface area (Å²) in [7, 11) is 0. The molecule has 3 rings (SSSR count). The molecule has 1 fully saturated rings. The number of nitriles is 1. The largest absolute Gasteiger partial charge is 0.351 e. The Morgan fingerprint density at radius 2 is 2.00 bits per heavy atom. The number of carbonyl (C=O) groups is 1. The fraction of sp³-hybridized carbons (Fsp3) is 0.389. The van der Waals surface area contributed by atoms with Gasteiger partial charge in [0.15, 0.2) is 0 Å². The third-order valence-corrected chi connectivity index (χ3v) is 4.56. The molecule has 1 amide bonds. The SMILES string of the molecule is N#CC1(C(=O)NCc2ccccc2Cn2cccn2)CCCC1. The summed E-state index contributed by atoms with van der Waals surface area (Å²) in [6.45, 7) is 1.11. The fourth-order valence-corrected chi connectivity index (χ4v) is 3.17. The topological polar surface area (TPSA) is 70.7 Å². The van der Waals surface area contributed by atoms with Crippen molar-refractivity contribution in [3.8, 4) is 6.07 Å². The summed E-state index contributed by atoms with van der Waals surface area (Å²) in [6, 6.07) is 12.1. The molecule has 0 radical (unpaired) electrons. The summed E-state index contributed by atoms with van der Waals surface area (Å²) in [5, 5.41) is 16.6. The molecular formula is C18H20N4O. The molecule has 0 spiro atoms. The van der Waals surface area contributed by atoms with Crippen LogP contribution in [-0.2, 0) is 17.9 Å². The van der Waals surface area contributed by atoms with E-state index in [-0.39, 0.29) is 5.91 Å². The molecular weight excluding hydrogens is 288 g/mol. The van der Waals surface area contributed by atoms with Gasteiger partial charge >= 0.3 is 0 Å². The average molecular weight is 308 g/mol. The van der Waals surface area contributed by atoms with E-state index in [2.05, 4.69) is 16.5 Å². The molecule has 0 bridgehead atoms. The van der Waals surface area contributed by atoms with Crippen LogP contribution >= 0.6 is 0 Å². The van der Waals surface area contributed by atoms with Gasteiger partial charge in [0.2, 0.25) is 5.91 Å². The maximum Gasteiger partial charge on any atom is 0.240 e. The molecule has 118 valence electrons. The van der Waals surface area contributed by atoms with Crippen molar-refractivity contribution in [1.82, 2.24) is 15.1 Å². The van der Waals surface area contributed by atoms with Crippen molar-refractivity contribution >= 4 is 5.91 Å². The lowest BCUT2D eigenvalue weighted by atomic mass is 9.87. The van der Waals surface area contributed by atoms with Gasteiger partial charge in [-0.15, -0.1) is 0 Å². The molecule has 1 aromatic carbocycles. The molecule has 2 aromatic rings. The highest BCUT2D eigenvalue weighted by atomic mass is 16.2. The second kappa shape index (κ2) is 6.66. The van der Waals surface area contributed by atoms with Crippen molar-refractivity contribution in [2.75, 3.05) is 0 Å². The Bertz CT molecular complexity index is 709. The van der Waals surface area contributed by atoms with Gasteiger partial charge in [0, 0.05) is 18.9 Å². The highest BCUT2D eigenvalue weighted by Crippen LogP contribution is 2.37. The smallest absolute Gasteiger partial charge is 0.240 e. The first-order chi connectivity index (χ1) is 11.2. The van der Waals surface area contributed by atoms with Crippen LogP contribution in [0.2, 0.25) is 0 Å². The standard InChI is InChI=1S/C18H20N4O/c19-14-18(8-3-4-9-18)17(23)20-12-15-6-1-2-7-16(15)13-22-11-5-10-21-22/h1-2,5-7,10-11H,3-4,8-9,12-13H2,(H,20,23). The minimum Gasteiger partial charge on any atom is -0.351 e. The third-order valence-electron chi connectivity index (χ3n) is 4.56. The van der Waals surface area contributed by atoms with E-state index in [9.17, 15) is 10.1 Å². The van der Waals surface area contributed by atoms with E-state index in [1.54, 1.807) is 6.20 Å². The Kier molecular flexibility index (Phi) is 4.42. The second-order valence-electron chi connectivity index (χ2n) is 6.06. The van der Waals surface area contributed by atoms with E-state index in [1.807, 2.05) is 41.2 Å². The zero-order valence-corrected chi connectivity index (χ0v) is 13.0. The minimum absolute atomic E-state index is 0.133. The van der Waals surface area contributed by atoms with Crippen LogP contribution < -0.4 is 5.32 Å². The van der Waals surface area contributed by atoms with E-state index in [4.69, 9.17) is 0 Å². The van der Waals surface area contributed by atoms with Gasteiger partial charge in [0.1, 0.15) is 5.41 Å². The number of nitrogens with zero attached hydrogens (tertiary/aromatic N) is 3. The van der Waals surface area contributed by atoms with Gasteiger partial charge in [0.05, 0.1) is 12.6 Å². The van der Waals surface area contributed by atoms with Gasteiger partial charge in [-0.25, -0.2) is 0 Å². The molecule has 0 unspecified atom stereocenters. The number of nitrogens with one attached hydrogen (secondary N) is 1. The second-order valence-corrected chi connectivity index (χ2v) is 6.06. The van der Waals surface area contributed by atoms with Gasteiger partial charge in [-0.2, -0.15) is 10.4 Å². The monoisotopic (exact) mass is 308 g/mol. The predicted molar refractivity (Wildman–Crippen MR) is 86.1 cm³/mol. The van der Waals surface area contributed by atoms with Gasteiger partial charge in [-0.05, 0) is 30.0 Å². The Labute approximate surface area is 135 Å². The quantitative estimate of drug-likeness (QED) is 0.923. The van der Waals surface area contributed by atoms with Crippen LogP contribution in [0, 0.1) is 16.7 Å². The van der Waals surface area contributed by atoms with Crippen molar-refractivity contribution in [2.24, 2.45) is 5.41 Å². The van der Waals surface area contributed by atoms with Gasteiger partial charge in [0.25, 0.3) is 0 Å². The number of benzene rings is 1. The summed E-state index contributed by atoms with van der Waals surface area (Å²) in [5.41, 5.74) is 1.35. The van der Waals surface area contributed by atoms with Crippen molar-refractivity contribution in [2.45, 2.75) is 38.8 Å². The van der Waals surface area contributed by atoms with Crippen molar-refractivity contribution in [3.63, 3.8) is 0 Å². The lowest BCUT2D eigenvalue weighted by Gasteiger charge is -2.20. The van der Waals surface area contributed by atoms with Gasteiger partial charge in [-0.3, -0.25) is 9.48 Å². The van der Waals surface area contributed by atoms with Crippen LogP contribution in [0.25, 0.3) is 0 Å². The molecule has 1 aliphatic rings. The molecule has 1 saturated carbocycles. The van der Waals surface area contributed by atoms with E-state index in [1.165, 1.54) is 0 Å². The zero-order valence-electron chi connectivity index (χ0n) is 13.0. The van der Waals surface area contributed by atoms with Crippen LogP contribution in [0.5, 0.6) is 0 Å². The normalized spacial score (nSPS) is 16.0. The number of carbonyl (C=O) groups excluding carboxylic acids is 1. The molecule has 1 aliphatic carbocycles. The molecule has 1 N–H and O–H groups in total. The Hall–Kier alpha value is -2.61. The van der Waals surface area contributed by atoms with E-state index < -0.39 is 5.41 Å². The van der Waals surface area contributed by atoms with E-state index in [0.29, 0.717) is 25.9 Å². The number of rotatable bonds is 5. The lowest BCUT2D eigenvalue weighted by Crippen LogP contribution is -2.38.